The van der Waals surface area contributed by atoms with Crippen molar-refractivity contribution >= 4 is 17.4 Å². The Morgan fingerprint density at radius 1 is 1.08 bits per heavy atom. The molecule has 2 aliphatic rings. The number of fused-ring (bicyclic) bond motifs is 2. The van der Waals surface area contributed by atoms with E-state index < -0.39 is 11.7 Å². The molecule has 6 nitrogen and oxygen atoms in total. The van der Waals surface area contributed by atoms with Gasteiger partial charge in [-0.2, -0.15) is 0 Å². The van der Waals surface area contributed by atoms with Crippen molar-refractivity contribution in [1.29, 1.82) is 0 Å². The lowest BCUT2D eigenvalue weighted by atomic mass is 10.1. The first kappa shape index (κ1) is 16.6. The molecule has 0 N–H and O–H groups in total. The van der Waals surface area contributed by atoms with Crippen molar-refractivity contribution in [1.82, 2.24) is 4.90 Å². The second-order valence-electron chi connectivity index (χ2n) is 6.66. The van der Waals surface area contributed by atoms with E-state index in [-0.39, 0.29) is 0 Å². The van der Waals surface area contributed by atoms with Crippen molar-refractivity contribution in [2.45, 2.75) is 13.5 Å². The SMILES string of the molecule is Cc1ccccc1CN(C)CN1C(=O)C(=O)c2cc3c(cc21)OCCO3. The second-order valence-corrected chi connectivity index (χ2v) is 6.66. The van der Waals surface area contributed by atoms with E-state index in [0.29, 0.717) is 49.2 Å². The fraction of sp³-hybridized carbons (Fsp3) is 0.300. The fourth-order valence-electron chi connectivity index (χ4n) is 3.34. The van der Waals surface area contributed by atoms with Crippen LogP contribution in [0.25, 0.3) is 0 Å². The maximum absolute atomic E-state index is 12.5. The molecule has 0 fully saturated rings. The average Bonchev–Trinajstić information content (AvgIpc) is 2.86. The molecule has 134 valence electrons. The van der Waals surface area contributed by atoms with Gasteiger partial charge in [-0.15, -0.1) is 0 Å². The molecule has 1 amide bonds. The van der Waals surface area contributed by atoms with Gasteiger partial charge in [0.05, 0.1) is 17.9 Å². The molecule has 2 heterocycles. The number of hydrogen-bond donors (Lipinski definition) is 0. The van der Waals surface area contributed by atoms with Crippen LogP contribution in [0.4, 0.5) is 5.69 Å². The molecule has 0 saturated carbocycles. The highest BCUT2D eigenvalue weighted by Crippen LogP contribution is 2.40. The van der Waals surface area contributed by atoms with Crippen LogP contribution in [-0.2, 0) is 11.3 Å². The van der Waals surface area contributed by atoms with Crippen LogP contribution in [0, 0.1) is 6.92 Å². The molecule has 0 atom stereocenters. The summed E-state index contributed by atoms with van der Waals surface area (Å²) >= 11 is 0. The van der Waals surface area contributed by atoms with Crippen LogP contribution in [0.1, 0.15) is 21.5 Å². The molecular formula is C20H20N2O4. The zero-order valence-corrected chi connectivity index (χ0v) is 14.8. The number of rotatable bonds is 4. The topological polar surface area (TPSA) is 59.1 Å². The van der Waals surface area contributed by atoms with Crippen LogP contribution in [0.3, 0.4) is 0 Å². The molecule has 0 spiro atoms. The predicted octanol–water partition coefficient (Wildman–Crippen LogP) is 2.39. The summed E-state index contributed by atoms with van der Waals surface area (Å²) in [5.41, 5.74) is 3.35. The van der Waals surface area contributed by atoms with Gasteiger partial charge in [0.25, 0.3) is 5.78 Å². The standard InChI is InChI=1S/C20H20N2O4/c1-13-5-3-4-6-14(13)11-21(2)12-22-16-10-18-17(25-7-8-26-18)9-15(16)19(23)20(22)24/h3-6,9-10H,7-8,11-12H2,1-2H3. The molecular weight excluding hydrogens is 332 g/mol. The van der Waals surface area contributed by atoms with Gasteiger partial charge in [0.2, 0.25) is 0 Å². The maximum Gasteiger partial charge on any atom is 0.300 e. The van der Waals surface area contributed by atoms with Crippen LogP contribution in [0.2, 0.25) is 0 Å². The molecule has 26 heavy (non-hydrogen) atoms. The average molecular weight is 352 g/mol. The number of carbonyl (C=O) groups is 2. The smallest absolute Gasteiger partial charge is 0.300 e. The summed E-state index contributed by atoms with van der Waals surface area (Å²) in [6.07, 6.45) is 0. The van der Waals surface area contributed by atoms with Gasteiger partial charge in [-0.25, -0.2) is 0 Å². The van der Waals surface area contributed by atoms with E-state index in [1.807, 2.05) is 24.1 Å². The monoisotopic (exact) mass is 352 g/mol. The lowest BCUT2D eigenvalue weighted by molar-refractivity contribution is -0.114. The number of carbonyl (C=O) groups excluding carboxylic acids is 2. The molecule has 2 aliphatic heterocycles. The quantitative estimate of drug-likeness (QED) is 0.791. The minimum absolute atomic E-state index is 0.325. The van der Waals surface area contributed by atoms with Crippen LogP contribution in [0.5, 0.6) is 11.5 Å². The molecule has 0 aromatic heterocycles. The molecule has 6 heteroatoms. The van der Waals surface area contributed by atoms with Gasteiger partial charge in [-0.1, -0.05) is 24.3 Å². The summed E-state index contributed by atoms with van der Waals surface area (Å²) in [5, 5.41) is 0. The van der Waals surface area contributed by atoms with Crippen molar-refractivity contribution in [2.75, 3.05) is 31.8 Å². The van der Waals surface area contributed by atoms with Crippen molar-refractivity contribution in [2.24, 2.45) is 0 Å². The Bertz CT molecular complexity index is 893. The summed E-state index contributed by atoms with van der Waals surface area (Å²) in [6, 6.07) is 11.5. The van der Waals surface area contributed by atoms with Crippen LogP contribution >= 0.6 is 0 Å². The van der Waals surface area contributed by atoms with Gasteiger partial charge in [-0.05, 0) is 31.2 Å². The van der Waals surface area contributed by atoms with Crippen molar-refractivity contribution in [3.63, 3.8) is 0 Å². The van der Waals surface area contributed by atoms with Gasteiger partial charge in [-0.3, -0.25) is 19.4 Å². The van der Waals surface area contributed by atoms with E-state index in [0.717, 1.165) is 0 Å². The van der Waals surface area contributed by atoms with Gasteiger partial charge in [0, 0.05) is 12.6 Å². The third-order valence-corrected chi connectivity index (χ3v) is 4.72. The third-order valence-electron chi connectivity index (χ3n) is 4.72. The number of nitrogens with zero attached hydrogens (tertiary/aromatic N) is 2. The Labute approximate surface area is 151 Å². The van der Waals surface area contributed by atoms with E-state index in [1.165, 1.54) is 16.0 Å². The third kappa shape index (κ3) is 2.82. The minimum atomic E-state index is -0.515. The highest BCUT2D eigenvalue weighted by molar-refractivity contribution is 6.52. The summed E-state index contributed by atoms with van der Waals surface area (Å²) < 4.78 is 11.1. The number of hydrogen-bond acceptors (Lipinski definition) is 5. The number of benzene rings is 2. The minimum Gasteiger partial charge on any atom is -0.486 e. The summed E-state index contributed by atoms with van der Waals surface area (Å²) in [4.78, 5) is 28.4. The van der Waals surface area contributed by atoms with E-state index >= 15 is 0 Å². The highest BCUT2D eigenvalue weighted by atomic mass is 16.6. The maximum atomic E-state index is 12.5. The lowest BCUT2D eigenvalue weighted by Crippen LogP contribution is -2.39. The Kier molecular flexibility index (Phi) is 4.12. The van der Waals surface area contributed by atoms with Crippen molar-refractivity contribution < 1.29 is 19.1 Å². The Balaban J connectivity index is 1.59. The number of aryl methyl sites for hydroxylation is 1. The number of ether oxygens (including phenoxy) is 2. The van der Waals surface area contributed by atoms with Crippen LogP contribution in [-0.4, -0.2) is 43.5 Å². The summed E-state index contributed by atoms with van der Waals surface area (Å²) in [7, 11) is 1.93. The molecule has 2 aromatic rings. The van der Waals surface area contributed by atoms with E-state index in [9.17, 15) is 9.59 Å². The molecule has 0 bridgehead atoms. The normalized spacial score (nSPS) is 15.6. The van der Waals surface area contributed by atoms with Gasteiger partial charge < -0.3 is 9.47 Å². The number of amides is 1. The van der Waals surface area contributed by atoms with Gasteiger partial charge in [0.1, 0.15) is 13.2 Å². The molecule has 4 rings (SSSR count). The number of anilines is 1. The first-order valence-corrected chi connectivity index (χ1v) is 8.57. The number of ketones is 1. The van der Waals surface area contributed by atoms with Crippen LogP contribution < -0.4 is 14.4 Å². The van der Waals surface area contributed by atoms with Crippen molar-refractivity contribution in [3.8, 4) is 11.5 Å². The Hall–Kier alpha value is -2.86. The molecule has 0 saturated heterocycles. The summed E-state index contributed by atoms with van der Waals surface area (Å²) in [6.45, 7) is 3.97. The second kappa shape index (κ2) is 6.46. The summed E-state index contributed by atoms with van der Waals surface area (Å²) in [5.74, 6) is 0.0792. The first-order valence-electron chi connectivity index (χ1n) is 8.57. The van der Waals surface area contributed by atoms with E-state index in [1.54, 1.807) is 12.1 Å². The van der Waals surface area contributed by atoms with Gasteiger partial charge >= 0.3 is 5.91 Å². The molecule has 0 radical (unpaired) electrons. The Morgan fingerprint density at radius 3 is 2.50 bits per heavy atom. The lowest BCUT2D eigenvalue weighted by Gasteiger charge is -2.26. The first-order chi connectivity index (χ1) is 12.5. The largest absolute Gasteiger partial charge is 0.486 e. The van der Waals surface area contributed by atoms with E-state index in [4.69, 9.17) is 9.47 Å². The Morgan fingerprint density at radius 2 is 1.77 bits per heavy atom. The highest BCUT2D eigenvalue weighted by Gasteiger charge is 2.38. The van der Waals surface area contributed by atoms with Crippen LogP contribution in [0.15, 0.2) is 36.4 Å². The van der Waals surface area contributed by atoms with Crippen molar-refractivity contribution in [3.05, 3.63) is 53.1 Å². The zero-order chi connectivity index (χ0) is 18.3. The molecule has 0 unspecified atom stereocenters. The van der Waals surface area contributed by atoms with E-state index in [2.05, 4.69) is 19.1 Å². The number of Topliss-reactive ketones (excluding diaryl/α,β-unsaturated/α-hetero) is 1. The fourth-order valence-corrected chi connectivity index (χ4v) is 3.34. The van der Waals surface area contributed by atoms with Gasteiger partial charge in [0.15, 0.2) is 11.5 Å². The zero-order valence-electron chi connectivity index (χ0n) is 14.8. The molecule has 0 aliphatic carbocycles. The molecule has 2 aromatic carbocycles. The predicted molar refractivity (Wildman–Crippen MR) is 96.8 cm³/mol.